The maximum Gasteiger partial charge on any atom is 0.259 e. The number of amides is 2. The molecule has 29 heavy (non-hydrogen) atoms. The lowest BCUT2D eigenvalue weighted by Gasteiger charge is -2.12. The van der Waals surface area contributed by atoms with Crippen molar-refractivity contribution in [1.82, 2.24) is 10.7 Å². The van der Waals surface area contributed by atoms with Gasteiger partial charge in [0.1, 0.15) is 0 Å². The number of ether oxygens (including phenoxy) is 3. The Kier molecular flexibility index (Phi) is 8.11. The number of rotatable bonds is 8. The zero-order valence-electron chi connectivity index (χ0n) is 15.9. The summed E-state index contributed by atoms with van der Waals surface area (Å²) in [4.78, 5) is 23.9. The summed E-state index contributed by atoms with van der Waals surface area (Å²) in [6.07, 6.45) is 1.41. The third-order valence-electron chi connectivity index (χ3n) is 3.68. The maximum absolute atomic E-state index is 12.0. The van der Waals surface area contributed by atoms with Crippen LogP contribution in [0.5, 0.6) is 17.2 Å². The van der Waals surface area contributed by atoms with Gasteiger partial charge in [0.2, 0.25) is 5.75 Å². The van der Waals surface area contributed by atoms with Crippen molar-refractivity contribution in [2.75, 3.05) is 27.9 Å². The second kappa shape index (κ2) is 10.5. The molecule has 0 spiro atoms. The highest BCUT2D eigenvalue weighted by Crippen LogP contribution is 2.37. The normalized spacial score (nSPS) is 10.5. The molecule has 0 aliphatic rings. The van der Waals surface area contributed by atoms with Crippen molar-refractivity contribution in [3.63, 3.8) is 0 Å². The lowest BCUT2D eigenvalue weighted by molar-refractivity contribution is -0.120. The van der Waals surface area contributed by atoms with E-state index in [-0.39, 0.29) is 17.1 Å². The van der Waals surface area contributed by atoms with Crippen molar-refractivity contribution in [1.29, 1.82) is 0 Å². The minimum atomic E-state index is -0.512. The van der Waals surface area contributed by atoms with Crippen LogP contribution in [0.15, 0.2) is 35.4 Å². The molecule has 2 aromatic carbocycles. The quantitative estimate of drug-likeness (QED) is 0.486. The molecule has 2 amide bonds. The Hall–Kier alpha value is -2.97. The summed E-state index contributed by atoms with van der Waals surface area (Å²) in [7, 11) is 4.49. The minimum Gasteiger partial charge on any atom is -0.493 e. The average molecular weight is 440 g/mol. The smallest absolute Gasteiger partial charge is 0.259 e. The number of carbonyl (C=O) groups is 2. The molecule has 0 bridgehead atoms. The molecule has 2 N–H and O–H groups in total. The lowest BCUT2D eigenvalue weighted by atomic mass is 10.2. The maximum atomic E-state index is 12.0. The van der Waals surface area contributed by atoms with Crippen molar-refractivity contribution < 1.29 is 23.8 Å². The van der Waals surface area contributed by atoms with Crippen LogP contribution in [0.3, 0.4) is 0 Å². The van der Waals surface area contributed by atoms with E-state index in [1.165, 1.54) is 45.7 Å². The lowest BCUT2D eigenvalue weighted by Crippen LogP contribution is -2.34. The van der Waals surface area contributed by atoms with Crippen LogP contribution in [0.1, 0.15) is 15.9 Å². The molecule has 154 valence electrons. The number of nitrogens with one attached hydrogen (secondary N) is 2. The van der Waals surface area contributed by atoms with Gasteiger partial charge in [0.25, 0.3) is 11.8 Å². The van der Waals surface area contributed by atoms with E-state index < -0.39 is 11.8 Å². The Bertz CT molecular complexity index is 909. The van der Waals surface area contributed by atoms with Crippen LogP contribution in [0, 0.1) is 0 Å². The molecule has 2 aromatic rings. The summed E-state index contributed by atoms with van der Waals surface area (Å²) in [6, 6.07) is 7.76. The Balaban J connectivity index is 1.94. The van der Waals surface area contributed by atoms with Crippen molar-refractivity contribution in [3.05, 3.63) is 51.5 Å². The van der Waals surface area contributed by atoms with Crippen LogP contribution in [0.2, 0.25) is 10.0 Å². The first-order chi connectivity index (χ1) is 13.9. The van der Waals surface area contributed by atoms with Crippen LogP contribution >= 0.6 is 23.2 Å². The third kappa shape index (κ3) is 6.00. The van der Waals surface area contributed by atoms with E-state index in [0.29, 0.717) is 27.8 Å². The number of nitrogens with zero attached hydrogens (tertiary/aromatic N) is 1. The number of carbonyl (C=O) groups excluding carboxylic acids is 2. The number of hydrazone groups is 1. The number of hydrogen-bond acceptors (Lipinski definition) is 6. The molecular weight excluding hydrogens is 421 g/mol. The van der Waals surface area contributed by atoms with E-state index in [2.05, 4.69) is 15.8 Å². The number of methoxy groups -OCH3 is 3. The van der Waals surface area contributed by atoms with Crippen molar-refractivity contribution in [3.8, 4) is 17.2 Å². The van der Waals surface area contributed by atoms with Gasteiger partial charge in [0.15, 0.2) is 11.5 Å². The van der Waals surface area contributed by atoms with Crippen LogP contribution < -0.4 is 25.0 Å². The fourth-order valence-corrected chi connectivity index (χ4v) is 2.59. The zero-order valence-corrected chi connectivity index (χ0v) is 17.4. The summed E-state index contributed by atoms with van der Waals surface area (Å²) in [6.45, 7) is -0.272. The summed E-state index contributed by atoms with van der Waals surface area (Å²) >= 11 is 11.7. The van der Waals surface area contributed by atoms with Gasteiger partial charge in [-0.1, -0.05) is 23.2 Å². The van der Waals surface area contributed by atoms with Gasteiger partial charge >= 0.3 is 0 Å². The monoisotopic (exact) mass is 439 g/mol. The largest absolute Gasteiger partial charge is 0.493 e. The van der Waals surface area contributed by atoms with Crippen LogP contribution in [-0.2, 0) is 4.79 Å². The zero-order chi connectivity index (χ0) is 21.4. The molecule has 0 aliphatic carbocycles. The highest BCUT2D eigenvalue weighted by atomic mass is 35.5. The molecular formula is C19H19Cl2N3O5. The standard InChI is InChI=1S/C19H19Cl2N3O5/c1-27-15-6-11(7-16(28-2)18(15)29-3)9-23-24-17(25)10-22-19(26)12-4-5-13(20)14(21)8-12/h4-9H,10H2,1-3H3,(H,22,26)(H,24,25). The van der Waals surface area contributed by atoms with E-state index >= 15 is 0 Å². The molecule has 8 nitrogen and oxygen atoms in total. The fraction of sp³-hybridized carbons (Fsp3) is 0.211. The van der Waals surface area contributed by atoms with Crippen molar-refractivity contribution in [2.24, 2.45) is 5.10 Å². The highest BCUT2D eigenvalue weighted by Gasteiger charge is 2.13. The SMILES string of the molecule is COc1cc(C=NNC(=O)CNC(=O)c2ccc(Cl)c(Cl)c2)cc(OC)c1OC. The molecule has 0 saturated heterocycles. The minimum absolute atomic E-state index is 0.249. The predicted molar refractivity (Wildman–Crippen MR) is 111 cm³/mol. The molecule has 0 aromatic heterocycles. The number of halogens is 2. The van der Waals surface area contributed by atoms with Crippen LogP contribution in [-0.4, -0.2) is 45.9 Å². The first kappa shape index (κ1) is 22.3. The van der Waals surface area contributed by atoms with E-state index in [4.69, 9.17) is 37.4 Å². The molecule has 10 heteroatoms. The molecule has 0 unspecified atom stereocenters. The van der Waals surface area contributed by atoms with E-state index in [1.54, 1.807) is 12.1 Å². The van der Waals surface area contributed by atoms with Gasteiger partial charge in [-0.05, 0) is 30.3 Å². The highest BCUT2D eigenvalue weighted by molar-refractivity contribution is 6.42. The molecule has 0 atom stereocenters. The molecule has 2 rings (SSSR count). The summed E-state index contributed by atoms with van der Waals surface area (Å²) in [5.74, 6) is 0.373. The first-order valence-corrected chi connectivity index (χ1v) is 9.00. The topological polar surface area (TPSA) is 98.2 Å². The Morgan fingerprint density at radius 3 is 2.21 bits per heavy atom. The predicted octanol–water partition coefficient (Wildman–Crippen LogP) is 2.90. The van der Waals surface area contributed by atoms with Crippen molar-refractivity contribution >= 4 is 41.2 Å². The van der Waals surface area contributed by atoms with Gasteiger partial charge in [-0.3, -0.25) is 9.59 Å². The van der Waals surface area contributed by atoms with Crippen molar-refractivity contribution in [2.45, 2.75) is 0 Å². The molecule has 0 aliphatic heterocycles. The molecule has 0 saturated carbocycles. The van der Waals surface area contributed by atoms with Crippen LogP contribution in [0.25, 0.3) is 0 Å². The summed E-state index contributed by atoms with van der Waals surface area (Å²) < 4.78 is 15.7. The average Bonchev–Trinajstić information content (AvgIpc) is 2.73. The molecule has 0 radical (unpaired) electrons. The Morgan fingerprint density at radius 1 is 1.00 bits per heavy atom. The molecule has 0 heterocycles. The second-order valence-corrected chi connectivity index (χ2v) is 6.38. The Morgan fingerprint density at radius 2 is 1.66 bits per heavy atom. The number of benzene rings is 2. The van der Waals surface area contributed by atoms with Crippen LogP contribution in [0.4, 0.5) is 0 Å². The Labute approximate surface area is 177 Å². The molecule has 0 fully saturated rings. The van der Waals surface area contributed by atoms with Gasteiger partial charge in [-0.15, -0.1) is 0 Å². The fourth-order valence-electron chi connectivity index (χ4n) is 2.29. The van der Waals surface area contributed by atoms with Gasteiger partial charge in [-0.25, -0.2) is 5.43 Å². The first-order valence-electron chi connectivity index (χ1n) is 8.24. The van der Waals surface area contributed by atoms with Gasteiger partial charge < -0.3 is 19.5 Å². The van der Waals surface area contributed by atoms with Gasteiger partial charge in [-0.2, -0.15) is 5.10 Å². The third-order valence-corrected chi connectivity index (χ3v) is 4.42. The number of hydrogen-bond donors (Lipinski definition) is 2. The second-order valence-electron chi connectivity index (χ2n) is 5.56. The van der Waals surface area contributed by atoms with Gasteiger partial charge in [0, 0.05) is 11.1 Å². The van der Waals surface area contributed by atoms with E-state index in [0.717, 1.165) is 0 Å². The van der Waals surface area contributed by atoms with E-state index in [1.807, 2.05) is 0 Å². The van der Waals surface area contributed by atoms with Gasteiger partial charge in [0.05, 0.1) is 44.1 Å². The summed E-state index contributed by atoms with van der Waals surface area (Å²) in [5, 5.41) is 6.90. The summed E-state index contributed by atoms with van der Waals surface area (Å²) in [5.41, 5.74) is 3.21. The van der Waals surface area contributed by atoms with E-state index in [9.17, 15) is 9.59 Å².